The quantitative estimate of drug-likeness (QED) is 0.567. The Morgan fingerprint density at radius 1 is 1.20 bits per heavy atom. The SMILES string of the molecule is CC[C@H](CCB(O)O)CC[C@@H](CN1CCc2ccccc2C1)C(=O)O. The predicted octanol–water partition coefficient (Wildman–Crippen LogP) is 2.41. The number of carbonyl (C=O) groups is 1. The van der Waals surface area contributed by atoms with E-state index in [4.69, 9.17) is 10.0 Å². The number of hydrogen-bond donors (Lipinski definition) is 3. The van der Waals surface area contributed by atoms with Crippen LogP contribution < -0.4 is 0 Å². The Morgan fingerprint density at radius 2 is 1.92 bits per heavy atom. The number of aliphatic carboxylic acids is 1. The highest BCUT2D eigenvalue weighted by Crippen LogP contribution is 2.24. The van der Waals surface area contributed by atoms with Gasteiger partial charge in [0, 0.05) is 19.6 Å². The van der Waals surface area contributed by atoms with E-state index in [0.717, 1.165) is 38.8 Å². The lowest BCUT2D eigenvalue weighted by molar-refractivity contribution is -0.142. The summed E-state index contributed by atoms with van der Waals surface area (Å²) in [5.74, 6) is -0.736. The first kappa shape index (κ1) is 20.0. The van der Waals surface area contributed by atoms with E-state index in [0.29, 0.717) is 25.2 Å². The third kappa shape index (κ3) is 6.46. The molecule has 1 aliphatic rings. The van der Waals surface area contributed by atoms with Crippen LogP contribution in [0.3, 0.4) is 0 Å². The van der Waals surface area contributed by atoms with Crippen molar-refractivity contribution in [1.29, 1.82) is 0 Å². The molecule has 0 unspecified atom stereocenters. The van der Waals surface area contributed by atoms with E-state index in [1.165, 1.54) is 11.1 Å². The van der Waals surface area contributed by atoms with Crippen LogP contribution in [0.4, 0.5) is 0 Å². The third-order valence-corrected chi connectivity index (χ3v) is 5.37. The Bertz CT molecular complexity index is 552. The molecule has 0 fully saturated rings. The van der Waals surface area contributed by atoms with Gasteiger partial charge in [-0.2, -0.15) is 0 Å². The van der Waals surface area contributed by atoms with Crippen molar-refractivity contribution in [2.24, 2.45) is 11.8 Å². The number of benzene rings is 1. The van der Waals surface area contributed by atoms with Gasteiger partial charge in [0.05, 0.1) is 5.92 Å². The zero-order chi connectivity index (χ0) is 18.2. The van der Waals surface area contributed by atoms with Gasteiger partial charge in [0.25, 0.3) is 0 Å². The van der Waals surface area contributed by atoms with Crippen LogP contribution in [-0.2, 0) is 17.8 Å². The molecule has 2 atom stereocenters. The van der Waals surface area contributed by atoms with E-state index in [1.807, 2.05) is 6.07 Å². The van der Waals surface area contributed by atoms with E-state index in [-0.39, 0.29) is 5.92 Å². The first-order chi connectivity index (χ1) is 12.0. The fraction of sp³-hybridized carbons (Fsp3) is 0.632. The fourth-order valence-electron chi connectivity index (χ4n) is 3.69. The monoisotopic (exact) mass is 347 g/mol. The number of nitrogens with zero attached hydrogens (tertiary/aromatic N) is 1. The lowest BCUT2D eigenvalue weighted by atomic mass is 9.78. The van der Waals surface area contributed by atoms with E-state index in [9.17, 15) is 9.90 Å². The lowest BCUT2D eigenvalue weighted by Gasteiger charge is -2.31. The van der Waals surface area contributed by atoms with Crippen LogP contribution in [-0.4, -0.2) is 46.2 Å². The summed E-state index contributed by atoms with van der Waals surface area (Å²) in [5, 5.41) is 27.6. The lowest BCUT2D eigenvalue weighted by Crippen LogP contribution is -2.37. The number of carboxylic acids is 1. The van der Waals surface area contributed by atoms with E-state index in [1.54, 1.807) is 0 Å². The van der Waals surface area contributed by atoms with Crippen molar-refractivity contribution in [3.05, 3.63) is 35.4 Å². The van der Waals surface area contributed by atoms with Crippen molar-refractivity contribution in [3.8, 4) is 0 Å². The van der Waals surface area contributed by atoms with Crippen molar-refractivity contribution in [3.63, 3.8) is 0 Å². The zero-order valence-electron chi connectivity index (χ0n) is 15.1. The highest BCUT2D eigenvalue weighted by Gasteiger charge is 2.25. The van der Waals surface area contributed by atoms with Gasteiger partial charge in [-0.3, -0.25) is 9.69 Å². The predicted molar refractivity (Wildman–Crippen MR) is 99.2 cm³/mol. The third-order valence-electron chi connectivity index (χ3n) is 5.37. The summed E-state index contributed by atoms with van der Waals surface area (Å²) in [6, 6.07) is 8.38. The van der Waals surface area contributed by atoms with Gasteiger partial charge in [0.1, 0.15) is 0 Å². The molecule has 1 heterocycles. The van der Waals surface area contributed by atoms with Crippen LogP contribution in [0.1, 0.15) is 43.7 Å². The van der Waals surface area contributed by atoms with Crippen molar-refractivity contribution >= 4 is 13.1 Å². The van der Waals surface area contributed by atoms with Gasteiger partial charge in [-0.15, -0.1) is 0 Å². The largest absolute Gasteiger partial charge is 0.481 e. The molecule has 138 valence electrons. The number of hydrogen-bond acceptors (Lipinski definition) is 4. The first-order valence-corrected chi connectivity index (χ1v) is 9.37. The normalized spacial score (nSPS) is 16.9. The second kappa shape index (κ2) is 9.95. The molecule has 25 heavy (non-hydrogen) atoms. The molecule has 3 N–H and O–H groups in total. The highest BCUT2D eigenvalue weighted by molar-refractivity contribution is 6.40. The van der Waals surface area contributed by atoms with Gasteiger partial charge in [0.15, 0.2) is 0 Å². The zero-order valence-corrected chi connectivity index (χ0v) is 15.1. The average Bonchev–Trinajstić information content (AvgIpc) is 2.60. The molecule has 6 heteroatoms. The second-order valence-corrected chi connectivity index (χ2v) is 7.20. The molecule has 5 nitrogen and oxygen atoms in total. The molecule has 1 aromatic rings. The summed E-state index contributed by atoms with van der Waals surface area (Å²) in [4.78, 5) is 13.9. The first-order valence-electron chi connectivity index (χ1n) is 9.37. The molecule has 1 aliphatic heterocycles. The molecule has 2 rings (SSSR count). The summed E-state index contributed by atoms with van der Waals surface area (Å²) in [7, 11) is -1.27. The highest BCUT2D eigenvalue weighted by atomic mass is 16.4. The number of carboxylic acid groups (broad SMARTS) is 1. The Kier molecular flexibility index (Phi) is 7.94. The maximum Gasteiger partial charge on any atom is 0.451 e. The molecule has 0 saturated heterocycles. The van der Waals surface area contributed by atoms with Gasteiger partial charge in [-0.05, 0) is 42.6 Å². The molecule has 0 amide bonds. The van der Waals surface area contributed by atoms with E-state index >= 15 is 0 Å². The summed E-state index contributed by atoms with van der Waals surface area (Å²) >= 11 is 0. The molecule has 0 aliphatic carbocycles. The maximum absolute atomic E-state index is 11.7. The van der Waals surface area contributed by atoms with E-state index < -0.39 is 13.1 Å². The van der Waals surface area contributed by atoms with Crippen LogP contribution in [0.5, 0.6) is 0 Å². The average molecular weight is 347 g/mol. The minimum absolute atomic E-state index is 0.353. The minimum atomic E-state index is -1.27. The van der Waals surface area contributed by atoms with Crippen LogP contribution in [0, 0.1) is 11.8 Å². The molecular formula is C19H30BNO4. The van der Waals surface area contributed by atoms with Gasteiger partial charge in [-0.25, -0.2) is 0 Å². The summed E-state index contributed by atoms with van der Waals surface area (Å²) in [6.45, 7) is 4.40. The topological polar surface area (TPSA) is 81.0 Å². The molecule has 1 aromatic carbocycles. The van der Waals surface area contributed by atoms with Crippen LogP contribution in [0.15, 0.2) is 24.3 Å². The van der Waals surface area contributed by atoms with Crippen molar-refractivity contribution < 1.29 is 19.9 Å². The summed E-state index contributed by atoms with van der Waals surface area (Å²) in [6.07, 6.45) is 4.49. The second-order valence-electron chi connectivity index (χ2n) is 7.20. The minimum Gasteiger partial charge on any atom is -0.481 e. The van der Waals surface area contributed by atoms with Crippen LogP contribution in [0.25, 0.3) is 0 Å². The van der Waals surface area contributed by atoms with Crippen LogP contribution in [0.2, 0.25) is 6.32 Å². The smallest absolute Gasteiger partial charge is 0.451 e. The molecule has 0 aromatic heterocycles. The van der Waals surface area contributed by atoms with Crippen molar-refractivity contribution in [2.45, 2.75) is 51.9 Å². The van der Waals surface area contributed by atoms with E-state index in [2.05, 4.69) is 30.0 Å². The molecule has 0 saturated carbocycles. The summed E-state index contributed by atoms with van der Waals surface area (Å²) in [5.41, 5.74) is 2.68. The standard InChI is InChI=1S/C19H30BNO4/c1-2-15(9-11-20(24)25)7-8-18(19(22)23)14-21-12-10-16-5-3-4-6-17(16)13-21/h3-6,15,18,24-25H,2,7-14H2,1H3,(H,22,23)/t15-,18-/m0/s1. The molecule has 0 bridgehead atoms. The van der Waals surface area contributed by atoms with Gasteiger partial charge in [-0.1, -0.05) is 44.0 Å². The Morgan fingerprint density at radius 3 is 2.56 bits per heavy atom. The van der Waals surface area contributed by atoms with Crippen molar-refractivity contribution in [2.75, 3.05) is 13.1 Å². The molecule has 0 spiro atoms. The molecule has 0 radical (unpaired) electrons. The Balaban J connectivity index is 1.85. The molecular weight excluding hydrogens is 317 g/mol. The Labute approximate surface area is 150 Å². The fourth-order valence-corrected chi connectivity index (χ4v) is 3.69. The van der Waals surface area contributed by atoms with Gasteiger partial charge >= 0.3 is 13.1 Å². The number of rotatable bonds is 10. The number of fused-ring (bicyclic) bond motifs is 1. The van der Waals surface area contributed by atoms with Crippen molar-refractivity contribution in [1.82, 2.24) is 4.90 Å². The summed E-state index contributed by atoms with van der Waals surface area (Å²) < 4.78 is 0. The maximum atomic E-state index is 11.7. The van der Waals surface area contributed by atoms with Gasteiger partial charge in [0.2, 0.25) is 0 Å². The Hall–Kier alpha value is -1.37. The van der Waals surface area contributed by atoms with Crippen LogP contribution >= 0.6 is 0 Å². The van der Waals surface area contributed by atoms with Gasteiger partial charge < -0.3 is 15.2 Å².